The van der Waals surface area contributed by atoms with Crippen molar-refractivity contribution in [3.05, 3.63) is 46.5 Å². The molecule has 4 heterocycles. The zero-order valence-corrected chi connectivity index (χ0v) is 20.3. The van der Waals surface area contributed by atoms with E-state index in [9.17, 15) is 10.1 Å². The highest BCUT2D eigenvalue weighted by Gasteiger charge is 2.36. The van der Waals surface area contributed by atoms with E-state index in [-0.39, 0.29) is 17.9 Å². The predicted molar refractivity (Wildman–Crippen MR) is 129 cm³/mol. The SMILES string of the molecule is CC(C)[C@@H]1CN(c2nc(C3CCCCC3)c3c(c2C#N)CCOC3)CCN1C(=O)c1ccco1. The number of rotatable bonds is 4. The van der Waals surface area contributed by atoms with Crippen LogP contribution in [0.3, 0.4) is 0 Å². The largest absolute Gasteiger partial charge is 0.459 e. The first kappa shape index (κ1) is 22.9. The summed E-state index contributed by atoms with van der Waals surface area (Å²) in [7, 11) is 0. The molecule has 1 saturated carbocycles. The minimum atomic E-state index is -0.0673. The van der Waals surface area contributed by atoms with Crippen LogP contribution in [0, 0.1) is 17.2 Å². The number of carbonyl (C=O) groups is 1. The molecule has 0 radical (unpaired) electrons. The highest BCUT2D eigenvalue weighted by Crippen LogP contribution is 2.39. The van der Waals surface area contributed by atoms with E-state index in [1.165, 1.54) is 19.3 Å². The summed E-state index contributed by atoms with van der Waals surface area (Å²) in [5.41, 5.74) is 4.14. The van der Waals surface area contributed by atoms with E-state index in [1.807, 2.05) is 4.90 Å². The molecule has 3 aliphatic rings. The Kier molecular flexibility index (Phi) is 6.60. The highest BCUT2D eigenvalue weighted by molar-refractivity contribution is 5.92. The number of piperazine rings is 1. The standard InChI is InChI=1S/C27H34N4O3/c1-18(2)23-16-30(11-12-31(23)27(32)24-9-6-13-34-24)26-21(15-28)20-10-14-33-17-22(20)25(29-26)19-7-4-3-5-8-19/h6,9,13,18-19,23H,3-5,7-8,10-12,14,16-17H2,1-2H3/t23-/m0/s1. The maximum atomic E-state index is 13.1. The van der Waals surface area contributed by atoms with Gasteiger partial charge in [0.15, 0.2) is 5.76 Å². The van der Waals surface area contributed by atoms with Crippen molar-refractivity contribution in [2.45, 2.75) is 70.9 Å². The lowest BCUT2D eigenvalue weighted by molar-refractivity contribution is 0.0566. The molecule has 7 nitrogen and oxygen atoms in total. The first-order valence-corrected chi connectivity index (χ1v) is 12.7. The number of hydrogen-bond donors (Lipinski definition) is 0. The number of hydrogen-bond acceptors (Lipinski definition) is 6. The van der Waals surface area contributed by atoms with E-state index in [1.54, 1.807) is 18.4 Å². The molecular formula is C27H34N4O3. The van der Waals surface area contributed by atoms with Gasteiger partial charge in [-0.1, -0.05) is 33.1 Å². The average molecular weight is 463 g/mol. The molecule has 1 amide bonds. The van der Waals surface area contributed by atoms with E-state index < -0.39 is 0 Å². The Morgan fingerprint density at radius 3 is 2.74 bits per heavy atom. The minimum absolute atomic E-state index is 0.0113. The van der Waals surface area contributed by atoms with Crippen molar-refractivity contribution in [2.75, 3.05) is 31.1 Å². The monoisotopic (exact) mass is 462 g/mol. The number of furan rings is 1. The van der Waals surface area contributed by atoms with Gasteiger partial charge in [-0.15, -0.1) is 0 Å². The topological polar surface area (TPSA) is 82.6 Å². The molecule has 0 aromatic carbocycles. The van der Waals surface area contributed by atoms with E-state index in [2.05, 4.69) is 24.8 Å². The molecule has 1 atom stereocenters. The summed E-state index contributed by atoms with van der Waals surface area (Å²) in [5, 5.41) is 10.2. The molecular weight excluding hydrogens is 428 g/mol. The molecule has 2 fully saturated rings. The summed E-state index contributed by atoms with van der Waals surface area (Å²) in [5.74, 6) is 1.82. The fourth-order valence-electron chi connectivity index (χ4n) is 5.89. The van der Waals surface area contributed by atoms with Gasteiger partial charge in [0.05, 0.1) is 36.8 Å². The summed E-state index contributed by atoms with van der Waals surface area (Å²) < 4.78 is 11.2. The number of ether oxygens (including phenoxy) is 1. The number of nitriles is 1. The number of amides is 1. The van der Waals surface area contributed by atoms with Crippen molar-refractivity contribution in [3.8, 4) is 6.07 Å². The first-order chi connectivity index (χ1) is 16.6. The summed E-state index contributed by atoms with van der Waals surface area (Å²) in [4.78, 5) is 22.5. The molecule has 2 aromatic heterocycles. The van der Waals surface area contributed by atoms with Crippen molar-refractivity contribution in [1.29, 1.82) is 5.26 Å². The second kappa shape index (κ2) is 9.79. The zero-order chi connectivity index (χ0) is 23.7. The Bertz CT molecular complexity index is 1070. The van der Waals surface area contributed by atoms with Crippen LogP contribution in [0.15, 0.2) is 22.8 Å². The minimum Gasteiger partial charge on any atom is -0.459 e. The Morgan fingerprint density at radius 1 is 1.21 bits per heavy atom. The van der Waals surface area contributed by atoms with Gasteiger partial charge in [-0.05, 0) is 42.9 Å². The van der Waals surface area contributed by atoms with Gasteiger partial charge in [-0.3, -0.25) is 4.79 Å². The van der Waals surface area contributed by atoms with E-state index >= 15 is 0 Å². The van der Waals surface area contributed by atoms with Gasteiger partial charge < -0.3 is 19.0 Å². The van der Waals surface area contributed by atoms with E-state index in [0.717, 1.165) is 41.9 Å². The lowest BCUT2D eigenvalue weighted by atomic mass is 9.82. The van der Waals surface area contributed by atoms with Gasteiger partial charge in [0.2, 0.25) is 0 Å². The first-order valence-electron chi connectivity index (χ1n) is 12.7. The lowest BCUT2D eigenvalue weighted by Crippen LogP contribution is -2.57. The fraction of sp³-hybridized carbons (Fsp3) is 0.593. The number of pyridine rings is 1. The van der Waals surface area contributed by atoms with Crippen molar-refractivity contribution >= 4 is 11.7 Å². The third kappa shape index (κ3) is 4.20. The fourth-order valence-corrected chi connectivity index (χ4v) is 5.89. The normalized spacial score (nSPS) is 21.4. The number of fused-ring (bicyclic) bond motifs is 1. The van der Waals surface area contributed by atoms with E-state index in [0.29, 0.717) is 50.1 Å². The molecule has 1 saturated heterocycles. The predicted octanol–water partition coefficient (Wildman–Crippen LogP) is 4.65. The van der Waals surface area contributed by atoms with Crippen LogP contribution >= 0.6 is 0 Å². The van der Waals surface area contributed by atoms with Gasteiger partial charge in [-0.25, -0.2) is 4.98 Å². The van der Waals surface area contributed by atoms with Crippen molar-refractivity contribution in [3.63, 3.8) is 0 Å². The van der Waals surface area contributed by atoms with Crippen LogP contribution in [0.1, 0.15) is 84.8 Å². The van der Waals surface area contributed by atoms with Gasteiger partial charge in [0.25, 0.3) is 5.91 Å². The Balaban J connectivity index is 1.50. The van der Waals surface area contributed by atoms with Crippen LogP contribution in [-0.4, -0.2) is 48.1 Å². The molecule has 34 heavy (non-hydrogen) atoms. The maximum absolute atomic E-state index is 13.1. The van der Waals surface area contributed by atoms with Crippen LogP contribution in [0.2, 0.25) is 0 Å². The van der Waals surface area contributed by atoms with Crippen LogP contribution in [0.4, 0.5) is 5.82 Å². The smallest absolute Gasteiger partial charge is 0.289 e. The Morgan fingerprint density at radius 2 is 2.03 bits per heavy atom. The molecule has 0 spiro atoms. The molecule has 0 unspecified atom stereocenters. The van der Waals surface area contributed by atoms with Gasteiger partial charge in [0.1, 0.15) is 11.9 Å². The van der Waals surface area contributed by atoms with Crippen molar-refractivity contribution in [2.24, 2.45) is 5.92 Å². The maximum Gasteiger partial charge on any atom is 0.289 e. The third-order valence-electron chi connectivity index (χ3n) is 7.75. The van der Waals surface area contributed by atoms with Crippen LogP contribution in [0.25, 0.3) is 0 Å². The molecule has 1 aliphatic carbocycles. The Labute approximate surface area is 201 Å². The van der Waals surface area contributed by atoms with Gasteiger partial charge >= 0.3 is 0 Å². The number of nitrogens with zero attached hydrogens (tertiary/aromatic N) is 4. The Hall–Kier alpha value is -2.85. The molecule has 180 valence electrons. The zero-order valence-electron chi connectivity index (χ0n) is 20.3. The van der Waals surface area contributed by atoms with Crippen LogP contribution in [-0.2, 0) is 17.8 Å². The molecule has 2 aromatic rings. The van der Waals surface area contributed by atoms with E-state index in [4.69, 9.17) is 14.1 Å². The summed E-state index contributed by atoms with van der Waals surface area (Å²) in [6.45, 7) is 7.38. The van der Waals surface area contributed by atoms with Crippen LogP contribution < -0.4 is 4.90 Å². The van der Waals surface area contributed by atoms with Crippen molar-refractivity contribution < 1.29 is 13.9 Å². The van der Waals surface area contributed by atoms with Gasteiger partial charge in [0, 0.05) is 31.1 Å². The number of aromatic nitrogens is 1. The summed E-state index contributed by atoms with van der Waals surface area (Å²) in [6, 6.07) is 5.98. The second-order valence-electron chi connectivity index (χ2n) is 10.1. The number of carbonyl (C=O) groups excluding carboxylic acids is 1. The third-order valence-corrected chi connectivity index (χ3v) is 7.75. The molecule has 0 bridgehead atoms. The van der Waals surface area contributed by atoms with Crippen LogP contribution in [0.5, 0.6) is 0 Å². The average Bonchev–Trinajstić information content (AvgIpc) is 3.42. The number of anilines is 1. The quantitative estimate of drug-likeness (QED) is 0.658. The summed E-state index contributed by atoms with van der Waals surface area (Å²) >= 11 is 0. The molecule has 5 rings (SSSR count). The molecule has 7 heteroatoms. The lowest BCUT2D eigenvalue weighted by Gasteiger charge is -2.44. The molecule has 2 aliphatic heterocycles. The molecule has 0 N–H and O–H groups in total. The second-order valence-corrected chi connectivity index (χ2v) is 10.1. The van der Waals surface area contributed by atoms with Gasteiger partial charge in [-0.2, -0.15) is 5.26 Å². The highest BCUT2D eigenvalue weighted by atomic mass is 16.5. The summed E-state index contributed by atoms with van der Waals surface area (Å²) in [6.07, 6.45) is 8.38. The van der Waals surface area contributed by atoms with Crippen molar-refractivity contribution in [1.82, 2.24) is 9.88 Å².